The number of aromatic nitrogens is 8. The van der Waals surface area contributed by atoms with Crippen molar-refractivity contribution in [3.63, 3.8) is 0 Å². The molecule has 6 aliphatic rings. The third-order valence-electron chi connectivity index (χ3n) is 17.8. The fourth-order valence-electron chi connectivity index (χ4n) is 13.4. The van der Waals surface area contributed by atoms with E-state index in [0.717, 1.165) is 40.7 Å². The van der Waals surface area contributed by atoms with Gasteiger partial charge in [0.2, 0.25) is 23.5 Å². The lowest BCUT2D eigenvalue weighted by atomic mass is 9.97. The molecule has 0 radical (unpaired) electrons. The smallest absolute Gasteiger partial charge is 0.229 e. The summed E-state index contributed by atoms with van der Waals surface area (Å²) in [6, 6.07) is 29.6. The summed E-state index contributed by atoms with van der Waals surface area (Å²) in [6.07, 6.45) is 0.713. The van der Waals surface area contributed by atoms with Crippen molar-refractivity contribution in [2.75, 3.05) is 24.7 Å². The highest BCUT2D eigenvalue weighted by molar-refractivity contribution is 5.89. The standard InChI is InChI=1S/C61H55FN12O6/c1-30-19-32(16-18-45-70-54(67-42-24-38(42)33-10-5-4-6-11-33)46-57(72-45)74(28-65-46)49-41-27-61(41,59(80)64-3)53(78)51(49)76)21-36(20-30)34-12-8-13-35(23-34)39-25-43(39)68-55-47-56(71-44(69-55)17-15-31-9-7-14-37(62)22-31)73(29-66-47)48-40-26-60(40,58(79)63-2)52(77)50(48)75/h4-14,19-23,28-29,38-43,48-53,75-78H,24-27H2,1-3H3,(H,63,79)(H,64,80)(H,67,70,72)(H,68,69,71)/t38?,39-,40?,41?,42+,43?,48+,49+,50-,51-,52-,53-,60?,61?/m0/s1. The van der Waals surface area contributed by atoms with Crippen LogP contribution < -0.4 is 21.3 Å². The number of carbonyl (C=O) groups excluding carboxylic acids is 2. The molecule has 80 heavy (non-hydrogen) atoms. The number of benzene rings is 4. The minimum absolute atomic E-state index is 0.0403. The van der Waals surface area contributed by atoms with Gasteiger partial charge in [-0.25, -0.2) is 34.3 Å². The number of aliphatic hydroxyl groups excluding tert-OH is 4. The summed E-state index contributed by atoms with van der Waals surface area (Å²) in [4.78, 5) is 55.0. The van der Waals surface area contributed by atoms with E-state index in [2.05, 4.69) is 81.3 Å². The van der Waals surface area contributed by atoms with Crippen LogP contribution in [0.15, 0.2) is 110 Å². The van der Waals surface area contributed by atoms with Gasteiger partial charge in [0.1, 0.15) is 18.0 Å². The fraction of sp³-hybridized carbons (Fsp3) is 0.344. The minimum Gasteiger partial charge on any atom is -0.389 e. The Labute approximate surface area is 458 Å². The molecule has 8 aromatic rings. The highest BCUT2D eigenvalue weighted by Crippen LogP contribution is 2.69. The first-order valence-electron chi connectivity index (χ1n) is 27.0. The molecule has 0 spiro atoms. The molecule has 402 valence electrons. The van der Waals surface area contributed by atoms with Crippen LogP contribution in [0, 0.1) is 59.1 Å². The number of anilines is 2. The fourth-order valence-corrected chi connectivity index (χ4v) is 13.4. The van der Waals surface area contributed by atoms with E-state index in [-0.39, 0.29) is 59.2 Å². The first-order chi connectivity index (χ1) is 38.8. The topological polar surface area (TPSA) is 250 Å². The van der Waals surface area contributed by atoms with Crippen molar-refractivity contribution < 1.29 is 34.4 Å². The molecule has 0 saturated heterocycles. The highest BCUT2D eigenvalue weighted by atomic mass is 19.1. The summed E-state index contributed by atoms with van der Waals surface area (Å²) < 4.78 is 17.6. The maximum absolute atomic E-state index is 14.1. The summed E-state index contributed by atoms with van der Waals surface area (Å²) in [5, 5.41) is 57.8. The van der Waals surface area contributed by atoms with Gasteiger partial charge in [0, 0.05) is 61.0 Å². The van der Waals surface area contributed by atoms with Crippen molar-refractivity contribution in [3.8, 4) is 34.8 Å². The monoisotopic (exact) mass is 1070 g/mol. The number of hydrogen-bond acceptors (Lipinski definition) is 14. The van der Waals surface area contributed by atoms with Gasteiger partial charge in [0.05, 0.1) is 47.8 Å². The molecule has 4 aromatic heterocycles. The lowest BCUT2D eigenvalue weighted by molar-refractivity contribution is -0.132. The number of nitrogens with zero attached hydrogens (tertiary/aromatic N) is 8. The molecule has 6 unspecified atom stereocenters. The molecule has 14 rings (SSSR count). The number of rotatable bonds is 11. The minimum atomic E-state index is -1.27. The van der Waals surface area contributed by atoms with E-state index in [4.69, 9.17) is 29.9 Å². The lowest BCUT2D eigenvalue weighted by Crippen LogP contribution is -2.41. The first-order valence-corrected chi connectivity index (χ1v) is 27.0. The van der Waals surface area contributed by atoms with Crippen LogP contribution in [-0.4, -0.2) is 122 Å². The number of hydrogen-bond donors (Lipinski definition) is 8. The Balaban J connectivity index is 0.746. The zero-order chi connectivity index (χ0) is 54.9. The van der Waals surface area contributed by atoms with Crippen molar-refractivity contribution >= 4 is 45.8 Å². The van der Waals surface area contributed by atoms with Crippen molar-refractivity contribution in [1.82, 2.24) is 49.7 Å². The lowest BCUT2D eigenvalue weighted by Gasteiger charge is -2.23. The molecule has 0 bridgehead atoms. The van der Waals surface area contributed by atoms with Crippen LogP contribution in [0.3, 0.4) is 0 Å². The predicted octanol–water partition coefficient (Wildman–Crippen LogP) is 4.87. The van der Waals surface area contributed by atoms with Crippen LogP contribution in [0.4, 0.5) is 16.0 Å². The number of aliphatic hydroxyl groups is 4. The molecule has 4 aromatic carbocycles. The molecular weight excluding hydrogens is 1020 g/mol. The van der Waals surface area contributed by atoms with Gasteiger partial charge in [0.15, 0.2) is 34.0 Å². The Morgan fingerprint density at radius 1 is 0.600 bits per heavy atom. The maximum atomic E-state index is 14.1. The van der Waals surface area contributed by atoms with Crippen molar-refractivity contribution in [2.45, 2.75) is 93.0 Å². The molecule has 4 heterocycles. The van der Waals surface area contributed by atoms with Crippen molar-refractivity contribution in [2.24, 2.45) is 22.7 Å². The molecule has 18 nitrogen and oxygen atoms in total. The van der Waals surface area contributed by atoms with Crippen molar-refractivity contribution in [3.05, 3.63) is 155 Å². The summed E-state index contributed by atoms with van der Waals surface area (Å²) in [6.45, 7) is 2.03. The van der Waals surface area contributed by atoms with E-state index in [1.165, 1.54) is 31.8 Å². The Kier molecular flexibility index (Phi) is 11.5. The molecule has 19 heteroatoms. The molecule has 14 atom stereocenters. The average Bonchev–Trinajstić information content (AvgIpc) is 3.55. The summed E-state index contributed by atoms with van der Waals surface area (Å²) in [5.41, 5.74) is 6.09. The number of aryl methyl sites for hydroxylation is 1. The number of halogens is 1. The van der Waals surface area contributed by atoms with Gasteiger partial charge in [-0.3, -0.25) is 9.59 Å². The molecule has 2 amide bonds. The van der Waals surface area contributed by atoms with Gasteiger partial charge in [-0.2, -0.15) is 0 Å². The Morgan fingerprint density at radius 2 is 1.14 bits per heavy atom. The predicted molar refractivity (Wildman–Crippen MR) is 293 cm³/mol. The summed E-state index contributed by atoms with van der Waals surface area (Å²) >= 11 is 0. The Hall–Kier alpha value is -8.59. The zero-order valence-electron chi connectivity index (χ0n) is 43.7. The molecule has 6 aliphatic carbocycles. The SMILES string of the molecule is CNC(=O)C12CC1[C@@H](n1cnc3c(NC4C[C@H]4c4cccc(-c5cc(C)cc(C#Cc6nc(N[C@@H]7CC7c7ccccc7)c7ncn([C@@H]8C9CC9(C(=O)NC)[C@@H](O)[C@H]8O)c7n6)c5)c4)nc(C#Cc4cccc(F)c4)nc31)[C@H](O)[C@@H]2O. The van der Waals surface area contributed by atoms with Gasteiger partial charge in [0.25, 0.3) is 0 Å². The molecule has 6 fully saturated rings. The van der Waals surface area contributed by atoms with Crippen LogP contribution in [0.25, 0.3) is 33.5 Å². The van der Waals surface area contributed by atoms with Crippen LogP contribution in [0.2, 0.25) is 0 Å². The van der Waals surface area contributed by atoms with Crippen LogP contribution in [-0.2, 0) is 9.59 Å². The molecule has 0 aliphatic heterocycles. The van der Waals surface area contributed by atoms with E-state index >= 15 is 0 Å². The molecule has 6 saturated carbocycles. The normalized spacial score (nSPS) is 30.1. The first kappa shape index (κ1) is 49.7. The number of fused-ring (bicyclic) bond motifs is 4. The quantitative estimate of drug-likeness (QED) is 0.0806. The van der Waals surface area contributed by atoms with Crippen LogP contribution in [0.5, 0.6) is 0 Å². The molecule has 8 N–H and O–H groups in total. The summed E-state index contributed by atoms with van der Waals surface area (Å²) in [5.74, 6) is 12.6. The van der Waals surface area contributed by atoms with Gasteiger partial charge in [-0.05, 0) is 103 Å². The Morgan fingerprint density at radius 3 is 1.70 bits per heavy atom. The second kappa shape index (κ2) is 18.5. The van der Waals surface area contributed by atoms with Crippen molar-refractivity contribution in [1.29, 1.82) is 0 Å². The van der Waals surface area contributed by atoms with Gasteiger partial charge in [-0.15, -0.1) is 0 Å². The largest absolute Gasteiger partial charge is 0.389 e. The van der Waals surface area contributed by atoms with Crippen LogP contribution in [0.1, 0.15) is 89.1 Å². The number of carbonyl (C=O) groups is 2. The highest BCUT2D eigenvalue weighted by Gasteiger charge is 2.76. The maximum Gasteiger partial charge on any atom is 0.229 e. The third-order valence-corrected chi connectivity index (χ3v) is 17.8. The van der Waals surface area contributed by atoms with Gasteiger partial charge < -0.3 is 50.8 Å². The van der Waals surface area contributed by atoms with E-state index < -0.39 is 53.1 Å². The Bertz CT molecular complexity index is 4020. The van der Waals surface area contributed by atoms with Crippen LogP contribution >= 0.6 is 0 Å². The van der Waals surface area contributed by atoms with Gasteiger partial charge in [-0.1, -0.05) is 78.6 Å². The second-order valence-corrected chi connectivity index (χ2v) is 22.5. The third kappa shape index (κ3) is 8.01. The zero-order valence-corrected chi connectivity index (χ0v) is 43.7. The second-order valence-electron chi connectivity index (χ2n) is 22.5. The number of amides is 2. The van der Waals surface area contributed by atoms with E-state index in [1.807, 2.05) is 43.3 Å². The number of imidazole rings is 2. The van der Waals surface area contributed by atoms with E-state index in [1.54, 1.807) is 33.9 Å². The van der Waals surface area contributed by atoms with E-state index in [0.29, 0.717) is 52.4 Å². The average molecular weight is 1070 g/mol. The molecular formula is C61H55FN12O6. The number of nitrogens with one attached hydrogen (secondary N) is 4. The summed E-state index contributed by atoms with van der Waals surface area (Å²) in [7, 11) is 3.06. The van der Waals surface area contributed by atoms with E-state index in [9.17, 15) is 34.4 Å². The van der Waals surface area contributed by atoms with Gasteiger partial charge >= 0.3 is 0 Å².